The summed E-state index contributed by atoms with van der Waals surface area (Å²) in [5, 5.41) is 24.9. The third-order valence-electron chi connectivity index (χ3n) is 7.45. The number of hydrogen-bond acceptors (Lipinski definition) is 8. The molecule has 10 nitrogen and oxygen atoms in total. The molecule has 1 atom stereocenters. The van der Waals surface area contributed by atoms with Gasteiger partial charge in [-0.05, 0) is 76.1 Å². The van der Waals surface area contributed by atoms with Crippen LogP contribution in [-0.2, 0) is 0 Å². The van der Waals surface area contributed by atoms with E-state index in [1.807, 2.05) is 51.1 Å². The third-order valence-corrected chi connectivity index (χ3v) is 7.45. The van der Waals surface area contributed by atoms with Crippen molar-refractivity contribution in [2.45, 2.75) is 52.7 Å². The monoisotopic (exact) mass is 571 g/mol. The Balaban J connectivity index is 1.47. The summed E-state index contributed by atoms with van der Waals surface area (Å²) in [7, 11) is 0. The van der Waals surface area contributed by atoms with Crippen LogP contribution in [0.2, 0.25) is 0 Å². The molecule has 1 amide bonds. The van der Waals surface area contributed by atoms with Crippen molar-refractivity contribution >= 4 is 22.9 Å². The van der Waals surface area contributed by atoms with Gasteiger partial charge in [0.15, 0.2) is 5.65 Å². The normalized spacial score (nSPS) is 14.6. The summed E-state index contributed by atoms with van der Waals surface area (Å²) in [5.41, 5.74) is 4.65. The molecule has 5 rings (SSSR count). The molecule has 3 heterocycles. The number of fused-ring (bicyclic) bond motifs is 1. The fourth-order valence-electron chi connectivity index (χ4n) is 4.88. The first-order valence-electron chi connectivity index (χ1n) is 14.6. The second kappa shape index (κ2) is 12.4. The molecule has 4 N–H and O–H groups in total. The predicted octanol–water partition coefficient (Wildman–Crippen LogP) is 4.62. The summed E-state index contributed by atoms with van der Waals surface area (Å²) >= 11 is 0. The Hall–Kier alpha value is -4.15. The average molecular weight is 572 g/mol. The summed E-state index contributed by atoms with van der Waals surface area (Å²) in [5.74, 6) is 0.973. The number of piperazine rings is 1. The number of imidazole rings is 1. The standard InChI is InChI=1S/C32H41N7O3/c1-6-22(3)36-31(40)26-12-7-23(17-21(26)2)28-19-34-30-27(35-20-32(4,5)41)18-29(37-39(28)30)42-25-10-8-24(9-11-25)38-15-13-33-14-16-38/h7-12,17-19,22,33,35,41H,6,13-16,20H2,1-5H3,(H,36,40). The van der Waals surface area contributed by atoms with Crippen molar-refractivity contribution in [1.29, 1.82) is 0 Å². The number of benzene rings is 2. The van der Waals surface area contributed by atoms with Crippen molar-refractivity contribution < 1.29 is 14.6 Å². The molecule has 1 aliphatic heterocycles. The molecule has 42 heavy (non-hydrogen) atoms. The smallest absolute Gasteiger partial charge is 0.251 e. The molecule has 10 heteroatoms. The van der Waals surface area contributed by atoms with Crippen molar-refractivity contribution in [1.82, 2.24) is 25.2 Å². The molecule has 0 saturated carbocycles. The molecule has 1 aliphatic rings. The van der Waals surface area contributed by atoms with Gasteiger partial charge in [-0.3, -0.25) is 4.79 Å². The third kappa shape index (κ3) is 6.83. The molecule has 0 radical (unpaired) electrons. The zero-order chi connectivity index (χ0) is 29.9. The van der Waals surface area contributed by atoms with Crippen molar-refractivity contribution in [3.63, 3.8) is 0 Å². The molecule has 1 fully saturated rings. The summed E-state index contributed by atoms with van der Waals surface area (Å²) in [6, 6.07) is 15.7. The Kier molecular flexibility index (Phi) is 8.65. The number of carbonyl (C=O) groups excluding carboxylic acids is 1. The predicted molar refractivity (Wildman–Crippen MR) is 167 cm³/mol. The number of rotatable bonds is 10. The summed E-state index contributed by atoms with van der Waals surface area (Å²) < 4.78 is 7.98. The zero-order valence-corrected chi connectivity index (χ0v) is 25.1. The van der Waals surface area contributed by atoms with E-state index in [0.717, 1.165) is 55.1 Å². The lowest BCUT2D eigenvalue weighted by atomic mass is 10.0. The Bertz CT molecular complexity index is 1540. The molecule has 4 aromatic rings. The van der Waals surface area contributed by atoms with Gasteiger partial charge < -0.3 is 30.7 Å². The maximum absolute atomic E-state index is 12.8. The van der Waals surface area contributed by atoms with Gasteiger partial charge in [0.1, 0.15) is 5.75 Å². The van der Waals surface area contributed by atoms with E-state index in [1.54, 1.807) is 30.6 Å². The molecular weight excluding hydrogens is 530 g/mol. The number of ether oxygens (including phenoxy) is 1. The highest BCUT2D eigenvalue weighted by Crippen LogP contribution is 2.31. The second-order valence-electron chi connectivity index (χ2n) is 11.6. The maximum Gasteiger partial charge on any atom is 0.251 e. The highest BCUT2D eigenvalue weighted by molar-refractivity contribution is 5.96. The average Bonchev–Trinajstić information content (AvgIpc) is 3.40. The Labute approximate surface area is 247 Å². The zero-order valence-electron chi connectivity index (χ0n) is 25.1. The number of carbonyl (C=O) groups is 1. The van der Waals surface area contributed by atoms with Gasteiger partial charge in [-0.15, -0.1) is 5.10 Å². The Morgan fingerprint density at radius 2 is 1.88 bits per heavy atom. The number of nitrogens with zero attached hydrogens (tertiary/aromatic N) is 4. The fraction of sp³-hybridized carbons (Fsp3) is 0.406. The van der Waals surface area contributed by atoms with Crippen LogP contribution in [0, 0.1) is 6.92 Å². The SMILES string of the molecule is CCC(C)NC(=O)c1ccc(-c2cnc3c(NCC(C)(C)O)cc(Oc4ccc(N5CCNCC5)cc4)nn23)cc1C. The topological polar surface area (TPSA) is 116 Å². The van der Waals surface area contributed by atoms with Crippen LogP contribution in [0.1, 0.15) is 50.0 Å². The van der Waals surface area contributed by atoms with Gasteiger partial charge in [0.05, 0.1) is 23.2 Å². The lowest BCUT2D eigenvalue weighted by Gasteiger charge is -2.29. The minimum absolute atomic E-state index is 0.0820. The van der Waals surface area contributed by atoms with E-state index < -0.39 is 5.60 Å². The molecule has 0 spiro atoms. The van der Waals surface area contributed by atoms with E-state index in [9.17, 15) is 9.90 Å². The number of aryl methyl sites for hydroxylation is 1. The van der Waals surface area contributed by atoms with Gasteiger partial charge in [0.25, 0.3) is 5.91 Å². The minimum Gasteiger partial charge on any atom is -0.438 e. The molecule has 2 aromatic heterocycles. The molecular formula is C32H41N7O3. The number of anilines is 2. The number of amides is 1. The Morgan fingerprint density at radius 1 is 1.14 bits per heavy atom. The quantitative estimate of drug-likeness (QED) is 0.218. The summed E-state index contributed by atoms with van der Waals surface area (Å²) in [6.07, 6.45) is 2.63. The van der Waals surface area contributed by atoms with E-state index >= 15 is 0 Å². The van der Waals surface area contributed by atoms with Crippen LogP contribution < -0.4 is 25.6 Å². The first-order chi connectivity index (χ1) is 20.1. The van der Waals surface area contributed by atoms with Crippen LogP contribution in [0.5, 0.6) is 11.6 Å². The highest BCUT2D eigenvalue weighted by atomic mass is 16.5. The van der Waals surface area contributed by atoms with Crippen molar-refractivity contribution in [3.8, 4) is 22.9 Å². The van der Waals surface area contributed by atoms with E-state index in [-0.39, 0.29) is 11.9 Å². The molecule has 222 valence electrons. The largest absolute Gasteiger partial charge is 0.438 e. The summed E-state index contributed by atoms with van der Waals surface area (Å²) in [6.45, 7) is 13.7. The number of nitrogens with one attached hydrogen (secondary N) is 3. The highest BCUT2D eigenvalue weighted by Gasteiger charge is 2.19. The van der Waals surface area contributed by atoms with E-state index in [4.69, 9.17) is 9.84 Å². The molecule has 0 aliphatic carbocycles. The number of aromatic nitrogens is 3. The molecule has 1 saturated heterocycles. The van der Waals surface area contributed by atoms with Crippen LogP contribution in [-0.4, -0.2) is 70.0 Å². The number of hydrogen-bond donors (Lipinski definition) is 4. The van der Waals surface area contributed by atoms with Gasteiger partial charge in [0, 0.05) is 61.6 Å². The van der Waals surface area contributed by atoms with E-state index in [2.05, 4.69) is 38.0 Å². The van der Waals surface area contributed by atoms with E-state index in [1.165, 1.54) is 0 Å². The van der Waals surface area contributed by atoms with Gasteiger partial charge in [-0.1, -0.05) is 13.0 Å². The lowest BCUT2D eigenvalue weighted by Crippen LogP contribution is -2.43. The van der Waals surface area contributed by atoms with Gasteiger partial charge in [-0.25, -0.2) is 9.50 Å². The Morgan fingerprint density at radius 3 is 2.55 bits per heavy atom. The maximum atomic E-state index is 12.8. The van der Waals surface area contributed by atoms with Crippen LogP contribution in [0.4, 0.5) is 11.4 Å². The first kappa shape index (κ1) is 29.3. The second-order valence-corrected chi connectivity index (χ2v) is 11.6. The van der Waals surface area contributed by atoms with Gasteiger partial charge in [-0.2, -0.15) is 0 Å². The van der Waals surface area contributed by atoms with Crippen LogP contribution in [0.25, 0.3) is 16.9 Å². The van der Waals surface area contributed by atoms with Crippen LogP contribution in [0.3, 0.4) is 0 Å². The van der Waals surface area contributed by atoms with Gasteiger partial charge in [0.2, 0.25) is 5.88 Å². The van der Waals surface area contributed by atoms with Crippen LogP contribution >= 0.6 is 0 Å². The molecule has 2 aromatic carbocycles. The minimum atomic E-state index is -0.931. The fourth-order valence-corrected chi connectivity index (χ4v) is 4.88. The van der Waals surface area contributed by atoms with Gasteiger partial charge >= 0.3 is 0 Å². The molecule has 1 unspecified atom stereocenters. The van der Waals surface area contributed by atoms with Crippen LogP contribution in [0.15, 0.2) is 54.7 Å². The van der Waals surface area contributed by atoms with Crippen molar-refractivity contribution in [2.75, 3.05) is 42.9 Å². The summed E-state index contributed by atoms with van der Waals surface area (Å²) in [4.78, 5) is 19.8. The van der Waals surface area contributed by atoms with Crippen molar-refractivity contribution in [2.24, 2.45) is 0 Å². The first-order valence-corrected chi connectivity index (χ1v) is 14.6. The van der Waals surface area contributed by atoms with E-state index in [0.29, 0.717) is 35.1 Å². The molecule has 0 bridgehead atoms. The van der Waals surface area contributed by atoms with Crippen molar-refractivity contribution in [3.05, 3.63) is 65.9 Å². The number of aliphatic hydroxyl groups is 1. The lowest BCUT2D eigenvalue weighted by molar-refractivity contribution is 0.0934.